The molecule has 0 aromatic carbocycles. The molecule has 0 radical (unpaired) electrons. The summed E-state index contributed by atoms with van der Waals surface area (Å²) in [6.07, 6.45) is 1.50. The van der Waals surface area contributed by atoms with Gasteiger partial charge in [0.05, 0.1) is 6.10 Å². The highest BCUT2D eigenvalue weighted by atomic mass is 16.6. The highest BCUT2D eigenvalue weighted by Gasteiger charge is 2.36. The van der Waals surface area contributed by atoms with Crippen molar-refractivity contribution < 1.29 is 19.4 Å². The zero-order valence-electron chi connectivity index (χ0n) is 14.1. The van der Waals surface area contributed by atoms with Gasteiger partial charge in [-0.1, -0.05) is 13.3 Å². The Morgan fingerprint density at radius 1 is 1.60 bits per heavy atom. The van der Waals surface area contributed by atoms with Gasteiger partial charge in [-0.3, -0.25) is 14.3 Å². The van der Waals surface area contributed by atoms with Crippen molar-refractivity contribution in [2.45, 2.75) is 51.5 Å². The molecule has 1 aliphatic rings. The van der Waals surface area contributed by atoms with Crippen molar-refractivity contribution in [2.75, 3.05) is 6.61 Å². The molecule has 2 heterocycles. The van der Waals surface area contributed by atoms with E-state index in [9.17, 15) is 19.5 Å². The maximum atomic E-state index is 11.9. The average molecular weight is 354 g/mol. The summed E-state index contributed by atoms with van der Waals surface area (Å²) < 4.78 is 11.7. The predicted molar refractivity (Wildman–Crippen MR) is 88.5 cm³/mol. The van der Waals surface area contributed by atoms with Gasteiger partial charge < -0.3 is 14.6 Å². The smallest absolute Gasteiger partial charge is 0.427 e. The number of amides is 1. The second-order valence-electron chi connectivity index (χ2n) is 5.72. The van der Waals surface area contributed by atoms with Crippen molar-refractivity contribution in [1.82, 2.24) is 15.0 Å². The summed E-state index contributed by atoms with van der Waals surface area (Å²) >= 11 is 0. The fraction of sp³-hybridized carbons (Fsp3) is 0.600. The maximum Gasteiger partial charge on any atom is 0.427 e. The van der Waals surface area contributed by atoms with E-state index in [2.05, 4.69) is 15.5 Å². The zero-order valence-corrected chi connectivity index (χ0v) is 14.1. The van der Waals surface area contributed by atoms with E-state index in [1.54, 1.807) is 13.1 Å². The van der Waals surface area contributed by atoms with Gasteiger partial charge >= 0.3 is 11.8 Å². The predicted octanol–water partition coefficient (Wildman–Crippen LogP) is 0.00552. The minimum absolute atomic E-state index is 0.135. The van der Waals surface area contributed by atoms with Crippen molar-refractivity contribution in [3.63, 3.8) is 0 Å². The van der Waals surface area contributed by atoms with E-state index in [4.69, 9.17) is 9.47 Å². The van der Waals surface area contributed by atoms with Crippen LogP contribution in [0.1, 0.15) is 38.0 Å². The Morgan fingerprint density at radius 3 is 3.08 bits per heavy atom. The first kappa shape index (κ1) is 18.9. The highest BCUT2D eigenvalue weighted by molar-refractivity contribution is 5.69. The number of aromatic nitrogens is 2. The van der Waals surface area contributed by atoms with E-state index in [0.717, 1.165) is 12.8 Å². The number of hydrazone groups is 1. The molecule has 3 N–H and O–H groups in total. The van der Waals surface area contributed by atoms with Crippen LogP contribution in [-0.2, 0) is 9.47 Å². The standard InChI is InChI=1S/C15H22N4O6/c1-3-4-5-16-18-15(23)24-8-11-10(20)6-12(25-11)19-7-9(2)13(21)17-14(19)22/h5,7,10-12,20H,3-4,6,8H2,1-2H3,(H,18,23)(H,17,21,22)/b16-5+/t10-,11+,12+/m0/s1. The summed E-state index contributed by atoms with van der Waals surface area (Å²) in [6, 6.07) is 0. The van der Waals surface area contributed by atoms with E-state index in [1.165, 1.54) is 10.8 Å². The largest absolute Gasteiger partial charge is 0.445 e. The summed E-state index contributed by atoms with van der Waals surface area (Å²) in [4.78, 5) is 36.9. The molecule has 0 bridgehead atoms. The molecule has 1 aliphatic heterocycles. The third-order valence-electron chi connectivity index (χ3n) is 3.70. The lowest BCUT2D eigenvalue weighted by Crippen LogP contribution is -2.33. The average Bonchev–Trinajstić information content (AvgIpc) is 2.93. The molecule has 2 rings (SSSR count). The number of unbranched alkanes of at least 4 members (excludes halogenated alkanes) is 1. The molecule has 0 saturated carbocycles. The number of H-pyrrole nitrogens is 1. The SMILES string of the molecule is CCC/C=N/NC(=O)OC[C@H]1O[C@@H](n2cc(C)c(=O)[nH]c2=O)C[C@@H]1O. The summed E-state index contributed by atoms with van der Waals surface area (Å²) in [5.74, 6) is 0. The van der Waals surface area contributed by atoms with Crippen molar-refractivity contribution in [1.29, 1.82) is 0 Å². The Labute approximate surface area is 143 Å². The fourth-order valence-corrected chi connectivity index (χ4v) is 2.32. The van der Waals surface area contributed by atoms with Crippen LogP contribution in [0.15, 0.2) is 20.9 Å². The Hall–Kier alpha value is -2.46. The molecule has 0 unspecified atom stereocenters. The number of nitrogens with zero attached hydrogens (tertiary/aromatic N) is 2. The molecule has 1 saturated heterocycles. The molecule has 1 aromatic heterocycles. The molecule has 0 spiro atoms. The minimum atomic E-state index is -0.916. The Balaban J connectivity index is 1.91. The normalized spacial score (nSPS) is 23.1. The number of carbonyl (C=O) groups excluding carboxylic acids is 1. The second kappa shape index (κ2) is 8.58. The van der Waals surface area contributed by atoms with E-state index < -0.39 is 35.8 Å². The lowest BCUT2D eigenvalue weighted by molar-refractivity contribution is -0.0489. The first-order chi connectivity index (χ1) is 11.9. The fourth-order valence-electron chi connectivity index (χ4n) is 2.32. The molecule has 3 atom stereocenters. The van der Waals surface area contributed by atoms with Crippen LogP contribution in [0.25, 0.3) is 0 Å². The topological polar surface area (TPSA) is 135 Å². The highest BCUT2D eigenvalue weighted by Crippen LogP contribution is 2.27. The number of aliphatic hydroxyl groups is 1. The van der Waals surface area contributed by atoms with Crippen LogP contribution in [0.4, 0.5) is 4.79 Å². The van der Waals surface area contributed by atoms with Gasteiger partial charge in [0.25, 0.3) is 5.56 Å². The summed E-state index contributed by atoms with van der Waals surface area (Å²) in [5.41, 5.74) is 1.45. The molecule has 0 aliphatic carbocycles. The van der Waals surface area contributed by atoms with Gasteiger partial charge in [0, 0.05) is 24.4 Å². The number of aliphatic hydroxyl groups excluding tert-OH is 1. The number of aromatic amines is 1. The first-order valence-corrected chi connectivity index (χ1v) is 8.02. The first-order valence-electron chi connectivity index (χ1n) is 8.02. The van der Waals surface area contributed by atoms with Crippen LogP contribution < -0.4 is 16.7 Å². The van der Waals surface area contributed by atoms with Gasteiger partial charge in [-0.2, -0.15) is 5.10 Å². The molecular formula is C15H22N4O6. The van der Waals surface area contributed by atoms with Crippen molar-refractivity contribution in [3.05, 3.63) is 32.6 Å². The van der Waals surface area contributed by atoms with E-state index in [-0.39, 0.29) is 13.0 Å². The minimum Gasteiger partial charge on any atom is -0.445 e. The summed E-state index contributed by atoms with van der Waals surface area (Å²) in [7, 11) is 0. The van der Waals surface area contributed by atoms with E-state index >= 15 is 0 Å². The number of hydrogen-bond donors (Lipinski definition) is 3. The van der Waals surface area contributed by atoms with E-state index in [1.807, 2.05) is 6.92 Å². The monoisotopic (exact) mass is 354 g/mol. The number of hydrogen-bond acceptors (Lipinski definition) is 7. The van der Waals surface area contributed by atoms with Crippen LogP contribution in [-0.4, -0.2) is 45.8 Å². The quantitative estimate of drug-likeness (QED) is 0.486. The molecule has 10 nitrogen and oxygen atoms in total. The van der Waals surface area contributed by atoms with Gasteiger partial charge in [0.15, 0.2) is 0 Å². The number of aryl methyl sites for hydroxylation is 1. The van der Waals surface area contributed by atoms with Gasteiger partial charge in [0.2, 0.25) is 0 Å². The zero-order chi connectivity index (χ0) is 18.4. The molecule has 1 fully saturated rings. The Bertz CT molecular complexity index is 740. The second-order valence-corrected chi connectivity index (χ2v) is 5.72. The van der Waals surface area contributed by atoms with E-state index in [0.29, 0.717) is 5.56 Å². The third-order valence-corrected chi connectivity index (χ3v) is 3.70. The van der Waals surface area contributed by atoms with Gasteiger partial charge in [-0.15, -0.1) is 0 Å². The van der Waals surface area contributed by atoms with Crippen molar-refractivity contribution in [3.8, 4) is 0 Å². The summed E-state index contributed by atoms with van der Waals surface area (Å²) in [6.45, 7) is 3.35. The lowest BCUT2D eigenvalue weighted by Gasteiger charge is -2.16. The maximum absolute atomic E-state index is 11.9. The molecular weight excluding hydrogens is 332 g/mol. The van der Waals surface area contributed by atoms with Crippen LogP contribution in [0.2, 0.25) is 0 Å². The Morgan fingerprint density at radius 2 is 2.36 bits per heavy atom. The van der Waals surface area contributed by atoms with Crippen LogP contribution in [0.5, 0.6) is 0 Å². The number of carbonyl (C=O) groups is 1. The van der Waals surface area contributed by atoms with Gasteiger partial charge in [-0.05, 0) is 13.3 Å². The number of rotatable bonds is 6. The van der Waals surface area contributed by atoms with Crippen molar-refractivity contribution in [2.24, 2.45) is 5.10 Å². The van der Waals surface area contributed by atoms with Crippen LogP contribution in [0.3, 0.4) is 0 Å². The molecule has 1 amide bonds. The van der Waals surface area contributed by atoms with Crippen molar-refractivity contribution >= 4 is 12.3 Å². The molecule has 10 heteroatoms. The lowest BCUT2D eigenvalue weighted by atomic mass is 10.2. The summed E-state index contributed by atoms with van der Waals surface area (Å²) in [5, 5.41) is 13.7. The molecule has 1 aromatic rings. The number of nitrogens with one attached hydrogen (secondary N) is 2. The Kier molecular flexibility index (Phi) is 6.48. The molecule has 138 valence electrons. The molecule has 25 heavy (non-hydrogen) atoms. The van der Waals surface area contributed by atoms with Crippen LogP contribution in [0, 0.1) is 6.92 Å². The van der Waals surface area contributed by atoms with Crippen LogP contribution >= 0.6 is 0 Å². The third kappa shape index (κ3) is 5.00. The van der Waals surface area contributed by atoms with Gasteiger partial charge in [0.1, 0.15) is 18.9 Å². The van der Waals surface area contributed by atoms with Gasteiger partial charge in [-0.25, -0.2) is 15.0 Å². The number of ether oxygens (including phenoxy) is 2.